The van der Waals surface area contributed by atoms with Crippen molar-refractivity contribution in [2.24, 2.45) is 0 Å². The lowest BCUT2D eigenvalue weighted by molar-refractivity contribution is -0.133. The zero-order valence-corrected chi connectivity index (χ0v) is 12.1. The number of carboxylic acid groups (broad SMARTS) is 1. The summed E-state index contributed by atoms with van der Waals surface area (Å²) in [6.07, 6.45) is 1.51. The van der Waals surface area contributed by atoms with Crippen LogP contribution in [0.4, 0.5) is 0 Å². The molecule has 0 amide bonds. The van der Waals surface area contributed by atoms with Crippen LogP contribution in [0, 0.1) is 0 Å². The first-order valence-electron chi connectivity index (χ1n) is 6.31. The SMILES string of the molecule is CCOc1cc(C=O)ccc1OCCCSCC(=O)O. The summed E-state index contributed by atoms with van der Waals surface area (Å²) >= 11 is 1.36. The van der Waals surface area contributed by atoms with E-state index in [1.54, 1.807) is 18.2 Å². The quantitative estimate of drug-likeness (QED) is 0.528. The first-order chi connectivity index (χ1) is 9.67. The summed E-state index contributed by atoms with van der Waals surface area (Å²) in [5.41, 5.74) is 0.540. The average molecular weight is 298 g/mol. The van der Waals surface area contributed by atoms with Gasteiger partial charge in [-0.25, -0.2) is 0 Å². The van der Waals surface area contributed by atoms with Gasteiger partial charge in [0.15, 0.2) is 11.5 Å². The van der Waals surface area contributed by atoms with E-state index < -0.39 is 5.97 Å². The topological polar surface area (TPSA) is 72.8 Å². The van der Waals surface area contributed by atoms with Crippen molar-refractivity contribution in [1.29, 1.82) is 0 Å². The van der Waals surface area contributed by atoms with Crippen molar-refractivity contribution in [2.45, 2.75) is 13.3 Å². The van der Waals surface area contributed by atoms with E-state index in [4.69, 9.17) is 14.6 Å². The Hall–Kier alpha value is -1.69. The molecule has 1 rings (SSSR count). The molecule has 0 spiro atoms. The normalized spacial score (nSPS) is 10.1. The van der Waals surface area contributed by atoms with Gasteiger partial charge in [0.25, 0.3) is 0 Å². The van der Waals surface area contributed by atoms with Crippen molar-refractivity contribution in [3.05, 3.63) is 23.8 Å². The predicted octanol–water partition coefficient (Wildman–Crippen LogP) is 2.48. The molecule has 6 heteroatoms. The van der Waals surface area contributed by atoms with Crippen LogP contribution in [0.25, 0.3) is 0 Å². The second kappa shape index (κ2) is 9.25. The Labute approximate surface area is 122 Å². The van der Waals surface area contributed by atoms with Crippen LogP contribution in [0.5, 0.6) is 11.5 Å². The molecule has 0 bridgehead atoms. The molecule has 0 saturated carbocycles. The lowest BCUT2D eigenvalue weighted by atomic mass is 10.2. The fraction of sp³-hybridized carbons (Fsp3) is 0.429. The fourth-order valence-electron chi connectivity index (χ4n) is 1.49. The maximum absolute atomic E-state index is 10.7. The van der Waals surface area contributed by atoms with E-state index >= 15 is 0 Å². The largest absolute Gasteiger partial charge is 0.490 e. The number of carbonyl (C=O) groups is 2. The van der Waals surface area contributed by atoms with Crippen molar-refractivity contribution >= 4 is 24.0 Å². The molecule has 0 radical (unpaired) electrons. The second-order valence-electron chi connectivity index (χ2n) is 3.91. The highest BCUT2D eigenvalue weighted by atomic mass is 32.2. The van der Waals surface area contributed by atoms with E-state index in [0.717, 1.165) is 18.5 Å². The van der Waals surface area contributed by atoms with Crippen LogP contribution in [0.3, 0.4) is 0 Å². The molecule has 0 aromatic heterocycles. The molecule has 0 saturated heterocycles. The molecule has 0 aliphatic rings. The third-order valence-electron chi connectivity index (χ3n) is 2.32. The predicted molar refractivity (Wildman–Crippen MR) is 78.1 cm³/mol. The summed E-state index contributed by atoms with van der Waals surface area (Å²) in [5, 5.41) is 8.50. The van der Waals surface area contributed by atoms with E-state index in [9.17, 15) is 9.59 Å². The molecule has 0 atom stereocenters. The third-order valence-corrected chi connectivity index (χ3v) is 3.35. The molecule has 1 aromatic carbocycles. The Morgan fingerprint density at radius 1 is 1.35 bits per heavy atom. The van der Waals surface area contributed by atoms with Crippen molar-refractivity contribution < 1.29 is 24.2 Å². The highest BCUT2D eigenvalue weighted by Crippen LogP contribution is 2.28. The number of aldehydes is 1. The number of benzene rings is 1. The first-order valence-corrected chi connectivity index (χ1v) is 7.47. The molecule has 1 aromatic rings. The number of carboxylic acids is 1. The molecular formula is C14H18O5S. The fourth-order valence-corrected chi connectivity index (χ4v) is 2.13. The van der Waals surface area contributed by atoms with Gasteiger partial charge in [0.05, 0.1) is 19.0 Å². The van der Waals surface area contributed by atoms with Crippen LogP contribution in [-0.4, -0.2) is 42.1 Å². The number of thioether (sulfide) groups is 1. The first kappa shape index (κ1) is 16.4. The van der Waals surface area contributed by atoms with Gasteiger partial charge in [0.2, 0.25) is 0 Å². The molecule has 0 heterocycles. The summed E-state index contributed by atoms with van der Waals surface area (Å²) in [6, 6.07) is 5.02. The Morgan fingerprint density at radius 2 is 2.15 bits per heavy atom. The Kier molecular flexibility index (Phi) is 7.57. The monoisotopic (exact) mass is 298 g/mol. The van der Waals surface area contributed by atoms with Crippen molar-refractivity contribution in [1.82, 2.24) is 0 Å². The molecule has 0 unspecified atom stereocenters. The molecule has 0 aliphatic heterocycles. The van der Waals surface area contributed by atoms with Gasteiger partial charge in [-0.2, -0.15) is 11.8 Å². The van der Waals surface area contributed by atoms with E-state index in [2.05, 4.69) is 0 Å². The summed E-state index contributed by atoms with van der Waals surface area (Å²) in [5.74, 6) is 1.18. The van der Waals surface area contributed by atoms with Gasteiger partial charge in [0, 0.05) is 5.56 Å². The van der Waals surface area contributed by atoms with Gasteiger partial charge in [0.1, 0.15) is 6.29 Å². The Morgan fingerprint density at radius 3 is 2.80 bits per heavy atom. The van der Waals surface area contributed by atoms with Crippen LogP contribution < -0.4 is 9.47 Å². The Bertz CT molecular complexity index is 447. The van der Waals surface area contributed by atoms with Crippen molar-refractivity contribution in [3.63, 3.8) is 0 Å². The molecule has 5 nitrogen and oxygen atoms in total. The van der Waals surface area contributed by atoms with Crippen LogP contribution in [-0.2, 0) is 4.79 Å². The lowest BCUT2D eigenvalue weighted by Crippen LogP contribution is -2.04. The molecule has 20 heavy (non-hydrogen) atoms. The molecular weight excluding hydrogens is 280 g/mol. The van der Waals surface area contributed by atoms with Gasteiger partial charge < -0.3 is 14.6 Å². The summed E-state index contributed by atoms with van der Waals surface area (Å²) in [4.78, 5) is 21.0. The molecule has 0 aliphatic carbocycles. The number of hydrogen-bond donors (Lipinski definition) is 1. The lowest BCUT2D eigenvalue weighted by Gasteiger charge is -2.12. The van der Waals surface area contributed by atoms with Crippen LogP contribution in [0.15, 0.2) is 18.2 Å². The standard InChI is InChI=1S/C14H18O5S/c1-2-18-13-8-11(9-15)4-5-12(13)19-6-3-7-20-10-14(16)17/h4-5,8-9H,2-3,6-7,10H2,1H3,(H,16,17). The van der Waals surface area contributed by atoms with Gasteiger partial charge in [-0.05, 0) is 37.3 Å². The number of aliphatic carboxylic acids is 1. The minimum Gasteiger partial charge on any atom is -0.490 e. The van der Waals surface area contributed by atoms with E-state index in [0.29, 0.717) is 30.3 Å². The summed E-state index contributed by atoms with van der Waals surface area (Å²) in [6.45, 7) is 2.83. The zero-order chi connectivity index (χ0) is 14.8. The second-order valence-corrected chi connectivity index (χ2v) is 5.01. The maximum Gasteiger partial charge on any atom is 0.313 e. The van der Waals surface area contributed by atoms with E-state index in [1.165, 1.54) is 11.8 Å². The number of carbonyl (C=O) groups excluding carboxylic acids is 1. The maximum atomic E-state index is 10.7. The van der Waals surface area contributed by atoms with Gasteiger partial charge in [-0.1, -0.05) is 0 Å². The molecule has 1 N–H and O–H groups in total. The molecule has 0 fully saturated rings. The van der Waals surface area contributed by atoms with E-state index in [1.807, 2.05) is 6.92 Å². The number of rotatable bonds is 10. The highest BCUT2D eigenvalue weighted by molar-refractivity contribution is 7.99. The van der Waals surface area contributed by atoms with Crippen LogP contribution in [0.2, 0.25) is 0 Å². The van der Waals surface area contributed by atoms with Crippen LogP contribution >= 0.6 is 11.8 Å². The minimum absolute atomic E-state index is 0.109. The summed E-state index contributed by atoms with van der Waals surface area (Å²) in [7, 11) is 0. The van der Waals surface area contributed by atoms with Gasteiger partial charge >= 0.3 is 5.97 Å². The Balaban J connectivity index is 2.42. The van der Waals surface area contributed by atoms with Crippen LogP contribution in [0.1, 0.15) is 23.7 Å². The number of hydrogen-bond acceptors (Lipinski definition) is 5. The van der Waals surface area contributed by atoms with E-state index in [-0.39, 0.29) is 5.75 Å². The van der Waals surface area contributed by atoms with Gasteiger partial charge in [-0.3, -0.25) is 9.59 Å². The number of ether oxygens (including phenoxy) is 2. The third kappa shape index (κ3) is 5.97. The van der Waals surface area contributed by atoms with Crippen molar-refractivity contribution in [3.8, 4) is 11.5 Å². The minimum atomic E-state index is -0.806. The summed E-state index contributed by atoms with van der Waals surface area (Å²) < 4.78 is 11.0. The van der Waals surface area contributed by atoms with Crippen molar-refractivity contribution in [2.75, 3.05) is 24.7 Å². The van der Waals surface area contributed by atoms with Gasteiger partial charge in [-0.15, -0.1) is 0 Å². The zero-order valence-electron chi connectivity index (χ0n) is 11.3. The molecule has 110 valence electrons. The smallest absolute Gasteiger partial charge is 0.313 e. The highest BCUT2D eigenvalue weighted by Gasteiger charge is 2.06. The average Bonchev–Trinajstić information content (AvgIpc) is 2.43.